The van der Waals surface area contributed by atoms with E-state index in [1.165, 1.54) is 5.94 Å². The maximum absolute atomic E-state index is 9.96. The maximum Gasteiger partial charge on any atom is 0.184 e. The van der Waals surface area contributed by atoms with Gasteiger partial charge in [-0.1, -0.05) is 13.3 Å². The topological polar surface area (TPSA) is 55.4 Å². The summed E-state index contributed by atoms with van der Waals surface area (Å²) < 4.78 is 0. The van der Waals surface area contributed by atoms with Crippen molar-refractivity contribution in [1.82, 2.24) is 5.48 Å². The number of hydroxylamine groups is 1. The second kappa shape index (κ2) is 6.99. The van der Waals surface area contributed by atoms with Crippen LogP contribution in [0.25, 0.3) is 0 Å². The first-order valence-electron chi connectivity index (χ1n) is 3.43. The molecule has 0 aliphatic carbocycles. The van der Waals surface area contributed by atoms with Gasteiger partial charge in [-0.2, -0.15) is 0 Å². The Morgan fingerprint density at radius 1 is 1.73 bits per heavy atom. The van der Waals surface area contributed by atoms with Gasteiger partial charge in [-0.3, -0.25) is 15.1 Å². The molecule has 62 valence electrons. The number of hydrogen-bond donors (Lipinski definition) is 1. The number of rotatable bonds is 6. The third-order valence-corrected chi connectivity index (χ3v) is 1.01. The largest absolute Gasteiger partial charge is 0.295 e. The van der Waals surface area contributed by atoms with Crippen LogP contribution in [-0.2, 0) is 14.4 Å². The summed E-state index contributed by atoms with van der Waals surface area (Å²) >= 11 is 0. The Labute approximate surface area is 65.2 Å². The van der Waals surface area contributed by atoms with Crippen molar-refractivity contribution in [1.29, 1.82) is 0 Å². The normalized spacial score (nSPS) is 8.45. The summed E-state index contributed by atoms with van der Waals surface area (Å²) in [6.07, 6.45) is 2.25. The molecule has 0 aromatic rings. The first-order valence-corrected chi connectivity index (χ1v) is 3.43. The molecule has 0 bridgehead atoms. The monoisotopic (exact) mass is 157 g/mol. The fraction of sp³-hybridized carbons (Fsp3) is 0.571. The molecular formula is C7H11NO3. The highest BCUT2D eigenvalue weighted by Gasteiger charge is 1.92. The first kappa shape index (κ1) is 9.88. The molecule has 0 aromatic carbocycles. The molecule has 11 heavy (non-hydrogen) atoms. The lowest BCUT2D eigenvalue weighted by molar-refractivity contribution is -0.106. The molecule has 4 heteroatoms. The molecule has 0 unspecified atom stereocenters. The number of carbonyl (C=O) groups is 1. The maximum atomic E-state index is 9.96. The van der Waals surface area contributed by atoms with E-state index in [1.807, 2.05) is 6.92 Å². The van der Waals surface area contributed by atoms with Gasteiger partial charge in [0.2, 0.25) is 0 Å². The quantitative estimate of drug-likeness (QED) is 0.197. The zero-order valence-electron chi connectivity index (χ0n) is 6.42. The molecular weight excluding hydrogens is 146 g/mol. The summed E-state index contributed by atoms with van der Waals surface area (Å²) in [6, 6.07) is 0. The molecule has 0 radical (unpaired) electrons. The minimum Gasteiger partial charge on any atom is -0.295 e. The van der Waals surface area contributed by atoms with Crippen molar-refractivity contribution >= 4 is 12.2 Å². The van der Waals surface area contributed by atoms with E-state index in [1.54, 1.807) is 0 Å². The average Bonchev–Trinajstić information content (AvgIpc) is 2.05. The van der Waals surface area contributed by atoms with E-state index in [4.69, 9.17) is 4.84 Å². The van der Waals surface area contributed by atoms with Crippen LogP contribution in [0, 0.1) is 0 Å². The van der Waals surface area contributed by atoms with Crippen LogP contribution in [-0.4, -0.2) is 18.8 Å². The highest BCUT2D eigenvalue weighted by Crippen LogP contribution is 1.85. The molecule has 0 fully saturated rings. The fourth-order valence-corrected chi connectivity index (χ4v) is 0.414. The van der Waals surface area contributed by atoms with Crippen LogP contribution in [0.15, 0.2) is 5.70 Å². The summed E-state index contributed by atoms with van der Waals surface area (Å²) in [7, 11) is 0. The molecule has 0 spiro atoms. The van der Waals surface area contributed by atoms with Gasteiger partial charge in [-0.05, 0) is 6.42 Å². The SMILES string of the molecule is CCCCONC(=C=O)C=O. The molecule has 1 N–H and O–H groups in total. The zero-order valence-corrected chi connectivity index (χ0v) is 6.42. The van der Waals surface area contributed by atoms with Crippen molar-refractivity contribution in [2.24, 2.45) is 0 Å². The number of carbonyl (C=O) groups excluding carboxylic acids is 2. The molecule has 4 nitrogen and oxygen atoms in total. The van der Waals surface area contributed by atoms with Crippen molar-refractivity contribution < 1.29 is 14.4 Å². The smallest absolute Gasteiger partial charge is 0.184 e. The summed E-state index contributed by atoms with van der Waals surface area (Å²) in [5, 5.41) is 0. The fourth-order valence-electron chi connectivity index (χ4n) is 0.414. The number of allylic oxidation sites excluding steroid dienone is 1. The number of aldehydes is 1. The van der Waals surface area contributed by atoms with E-state index in [0.29, 0.717) is 12.9 Å². The number of hydrogen-bond acceptors (Lipinski definition) is 4. The van der Waals surface area contributed by atoms with Gasteiger partial charge in [-0.15, -0.1) is 0 Å². The summed E-state index contributed by atoms with van der Waals surface area (Å²) in [5.74, 6) is 1.39. The lowest BCUT2D eigenvalue weighted by Crippen LogP contribution is -2.16. The summed E-state index contributed by atoms with van der Waals surface area (Å²) in [6.45, 7) is 2.50. The van der Waals surface area contributed by atoms with Crippen LogP contribution in [0.2, 0.25) is 0 Å². The van der Waals surface area contributed by atoms with Crippen LogP contribution >= 0.6 is 0 Å². The van der Waals surface area contributed by atoms with E-state index in [9.17, 15) is 9.59 Å². The second-order valence-corrected chi connectivity index (χ2v) is 1.94. The van der Waals surface area contributed by atoms with Gasteiger partial charge in [0.15, 0.2) is 17.9 Å². The van der Waals surface area contributed by atoms with Crippen molar-refractivity contribution in [2.75, 3.05) is 6.61 Å². The molecule has 0 atom stereocenters. The van der Waals surface area contributed by atoms with Gasteiger partial charge < -0.3 is 0 Å². The minimum atomic E-state index is -0.207. The van der Waals surface area contributed by atoms with E-state index < -0.39 is 0 Å². The van der Waals surface area contributed by atoms with Gasteiger partial charge in [0, 0.05) is 0 Å². The summed E-state index contributed by atoms with van der Waals surface area (Å²) in [4.78, 5) is 24.6. The van der Waals surface area contributed by atoms with E-state index in [-0.39, 0.29) is 5.70 Å². The lowest BCUT2D eigenvalue weighted by atomic mass is 10.4. The molecule has 0 aliphatic rings. The molecule has 0 saturated carbocycles. The van der Waals surface area contributed by atoms with Crippen LogP contribution in [0.1, 0.15) is 19.8 Å². The standard InChI is InChI=1S/C7H11NO3/c1-2-3-4-11-8-7(5-9)6-10/h5,8H,2-4H2,1H3. The molecule has 0 heterocycles. The van der Waals surface area contributed by atoms with Crippen LogP contribution in [0.3, 0.4) is 0 Å². The highest BCUT2D eigenvalue weighted by molar-refractivity contribution is 5.84. The summed E-state index contributed by atoms with van der Waals surface area (Å²) in [5.41, 5.74) is 1.97. The third kappa shape index (κ3) is 5.33. The van der Waals surface area contributed by atoms with Crippen LogP contribution in [0.4, 0.5) is 0 Å². The molecule has 0 aromatic heterocycles. The first-order chi connectivity index (χ1) is 5.35. The van der Waals surface area contributed by atoms with E-state index >= 15 is 0 Å². The van der Waals surface area contributed by atoms with Crippen molar-refractivity contribution in [3.05, 3.63) is 5.70 Å². The van der Waals surface area contributed by atoms with Crippen molar-refractivity contribution in [2.45, 2.75) is 19.8 Å². The predicted molar refractivity (Wildman–Crippen MR) is 39.3 cm³/mol. The van der Waals surface area contributed by atoms with Gasteiger partial charge in [0.05, 0.1) is 6.61 Å². The predicted octanol–water partition coefficient (Wildman–Crippen LogP) is 0.222. The van der Waals surface area contributed by atoms with Gasteiger partial charge in [-0.25, -0.2) is 4.79 Å². The number of nitrogens with one attached hydrogen (secondary N) is 1. The zero-order chi connectivity index (χ0) is 8.53. The Hall–Kier alpha value is -1.12. The van der Waals surface area contributed by atoms with E-state index in [0.717, 1.165) is 12.8 Å². The van der Waals surface area contributed by atoms with Crippen molar-refractivity contribution in [3.63, 3.8) is 0 Å². The Balaban J connectivity index is 3.37. The molecule has 0 rings (SSSR count). The Kier molecular flexibility index (Phi) is 6.28. The highest BCUT2D eigenvalue weighted by atomic mass is 16.6. The molecule has 0 amide bonds. The Morgan fingerprint density at radius 3 is 2.91 bits per heavy atom. The van der Waals surface area contributed by atoms with E-state index in [2.05, 4.69) is 5.48 Å². The van der Waals surface area contributed by atoms with Crippen molar-refractivity contribution in [3.8, 4) is 0 Å². The Bertz CT molecular complexity index is 161. The van der Waals surface area contributed by atoms with Gasteiger partial charge in [0.1, 0.15) is 0 Å². The van der Waals surface area contributed by atoms with Crippen LogP contribution in [0.5, 0.6) is 0 Å². The van der Waals surface area contributed by atoms with Gasteiger partial charge >= 0.3 is 0 Å². The molecule has 0 saturated heterocycles. The average molecular weight is 157 g/mol. The third-order valence-electron chi connectivity index (χ3n) is 1.01. The lowest BCUT2D eigenvalue weighted by Gasteiger charge is -2.01. The minimum absolute atomic E-state index is 0.207. The second-order valence-electron chi connectivity index (χ2n) is 1.94. The van der Waals surface area contributed by atoms with Crippen LogP contribution < -0.4 is 5.48 Å². The van der Waals surface area contributed by atoms with Gasteiger partial charge in [0.25, 0.3) is 0 Å². The molecule has 0 aliphatic heterocycles. The number of unbranched alkanes of at least 4 members (excludes halogenated alkanes) is 1. The Morgan fingerprint density at radius 2 is 2.45 bits per heavy atom.